The monoisotopic (exact) mass is 332 g/mol. The van der Waals surface area contributed by atoms with E-state index in [0.29, 0.717) is 23.1 Å². The second-order valence-corrected chi connectivity index (χ2v) is 6.37. The van der Waals surface area contributed by atoms with E-state index in [4.69, 9.17) is 4.74 Å². The summed E-state index contributed by atoms with van der Waals surface area (Å²) < 4.78 is 5.29. The van der Waals surface area contributed by atoms with Crippen molar-refractivity contribution < 1.29 is 14.3 Å². The van der Waals surface area contributed by atoms with Gasteiger partial charge in [0.2, 0.25) is 16.9 Å². The van der Waals surface area contributed by atoms with E-state index in [1.807, 2.05) is 25.1 Å². The predicted molar refractivity (Wildman–Crippen MR) is 86.7 cm³/mol. The van der Waals surface area contributed by atoms with Crippen LogP contribution in [0.3, 0.4) is 0 Å². The van der Waals surface area contributed by atoms with Crippen LogP contribution < -0.4 is 15.0 Å². The van der Waals surface area contributed by atoms with Gasteiger partial charge in [-0.05, 0) is 19.1 Å². The van der Waals surface area contributed by atoms with E-state index in [9.17, 15) is 9.59 Å². The molecule has 7 nitrogen and oxygen atoms in total. The molecular formula is C15H16N4O3S. The fraction of sp³-hybridized carbons (Fsp3) is 0.333. The quantitative estimate of drug-likeness (QED) is 0.923. The van der Waals surface area contributed by atoms with E-state index in [1.54, 1.807) is 18.1 Å². The number of nitrogens with one attached hydrogen (secondary N) is 1. The van der Waals surface area contributed by atoms with Crippen molar-refractivity contribution >= 4 is 34.0 Å². The molecule has 2 heterocycles. The third kappa shape index (κ3) is 3.16. The van der Waals surface area contributed by atoms with Crippen molar-refractivity contribution in [3.63, 3.8) is 0 Å². The summed E-state index contributed by atoms with van der Waals surface area (Å²) in [5.41, 5.74) is 0.682. The SMILES string of the molecule is COc1ccccc1N1C[C@H](C(=O)Nc2nnc(C)s2)CC1=O. The van der Waals surface area contributed by atoms with Gasteiger partial charge >= 0.3 is 0 Å². The van der Waals surface area contributed by atoms with Crippen LogP contribution in [0, 0.1) is 12.8 Å². The third-order valence-corrected chi connectivity index (χ3v) is 4.38. The van der Waals surface area contributed by atoms with Gasteiger partial charge in [-0.3, -0.25) is 9.59 Å². The summed E-state index contributed by atoms with van der Waals surface area (Å²) in [6, 6.07) is 7.28. The lowest BCUT2D eigenvalue weighted by atomic mass is 10.1. The molecule has 1 saturated heterocycles. The van der Waals surface area contributed by atoms with Crippen LogP contribution in [0.25, 0.3) is 0 Å². The number of ether oxygens (including phenoxy) is 1. The molecule has 1 N–H and O–H groups in total. The number of carbonyl (C=O) groups is 2. The molecule has 23 heavy (non-hydrogen) atoms. The average Bonchev–Trinajstić information content (AvgIpc) is 3.13. The number of aryl methyl sites for hydroxylation is 1. The van der Waals surface area contributed by atoms with E-state index < -0.39 is 5.92 Å². The second-order valence-electron chi connectivity index (χ2n) is 5.19. The number of anilines is 2. The first kappa shape index (κ1) is 15.4. The number of amides is 2. The van der Waals surface area contributed by atoms with Crippen LogP contribution in [0.5, 0.6) is 5.75 Å². The summed E-state index contributed by atoms with van der Waals surface area (Å²) in [7, 11) is 1.56. The summed E-state index contributed by atoms with van der Waals surface area (Å²) in [6.07, 6.45) is 0.168. The smallest absolute Gasteiger partial charge is 0.231 e. The predicted octanol–water partition coefficient (Wildman–Crippen LogP) is 1.85. The lowest BCUT2D eigenvalue weighted by molar-refractivity contribution is -0.122. The number of rotatable bonds is 4. The average molecular weight is 332 g/mol. The number of aromatic nitrogens is 2. The number of para-hydroxylation sites is 2. The molecule has 8 heteroatoms. The Bertz CT molecular complexity index is 746. The normalized spacial score (nSPS) is 17.4. The van der Waals surface area contributed by atoms with Gasteiger partial charge in [-0.1, -0.05) is 23.5 Å². The summed E-state index contributed by atoms with van der Waals surface area (Å²) in [6.45, 7) is 2.14. The molecule has 2 aromatic rings. The molecule has 120 valence electrons. The zero-order chi connectivity index (χ0) is 16.4. The fourth-order valence-corrected chi connectivity index (χ4v) is 3.12. The highest BCUT2D eigenvalue weighted by Crippen LogP contribution is 2.33. The van der Waals surface area contributed by atoms with E-state index in [-0.39, 0.29) is 18.2 Å². The summed E-state index contributed by atoms with van der Waals surface area (Å²) in [5.74, 6) is -0.117. The molecule has 1 aliphatic rings. The van der Waals surface area contributed by atoms with E-state index in [2.05, 4.69) is 15.5 Å². The van der Waals surface area contributed by atoms with Gasteiger partial charge < -0.3 is 15.0 Å². The zero-order valence-electron chi connectivity index (χ0n) is 12.8. The van der Waals surface area contributed by atoms with Crippen LogP contribution in [-0.4, -0.2) is 35.7 Å². The summed E-state index contributed by atoms with van der Waals surface area (Å²) in [5, 5.41) is 11.7. The highest BCUT2D eigenvalue weighted by Gasteiger charge is 2.36. The van der Waals surface area contributed by atoms with Crippen LogP contribution in [-0.2, 0) is 9.59 Å². The maximum atomic E-state index is 12.3. The van der Waals surface area contributed by atoms with Crippen LogP contribution in [0.2, 0.25) is 0 Å². The Morgan fingerprint density at radius 3 is 2.87 bits per heavy atom. The standard InChI is InChI=1S/C15H16N4O3S/c1-9-17-18-15(23-9)16-14(21)10-7-13(20)19(8-10)11-5-3-4-6-12(11)22-2/h3-6,10H,7-8H2,1-2H3,(H,16,18,21)/t10-/m1/s1. The van der Waals surface area contributed by atoms with E-state index >= 15 is 0 Å². The van der Waals surface area contributed by atoms with Gasteiger partial charge in [0.15, 0.2) is 0 Å². The van der Waals surface area contributed by atoms with Gasteiger partial charge in [0, 0.05) is 13.0 Å². The molecular weight excluding hydrogens is 316 g/mol. The molecule has 1 aliphatic heterocycles. The molecule has 0 aliphatic carbocycles. The molecule has 0 spiro atoms. The molecule has 1 aromatic heterocycles. The Balaban J connectivity index is 1.73. The highest BCUT2D eigenvalue weighted by molar-refractivity contribution is 7.15. The largest absolute Gasteiger partial charge is 0.495 e. The third-order valence-electron chi connectivity index (χ3n) is 3.63. The number of benzene rings is 1. The molecule has 2 amide bonds. The van der Waals surface area contributed by atoms with E-state index in [0.717, 1.165) is 5.01 Å². The van der Waals surface area contributed by atoms with Gasteiger partial charge in [-0.2, -0.15) is 0 Å². The minimum atomic E-state index is -0.420. The van der Waals surface area contributed by atoms with Crippen molar-refractivity contribution in [3.8, 4) is 5.75 Å². The topological polar surface area (TPSA) is 84.4 Å². The summed E-state index contributed by atoms with van der Waals surface area (Å²) >= 11 is 1.31. The molecule has 3 rings (SSSR count). The molecule has 1 fully saturated rings. The van der Waals surface area contributed by atoms with Crippen molar-refractivity contribution in [2.24, 2.45) is 5.92 Å². The van der Waals surface area contributed by atoms with Gasteiger partial charge in [0.1, 0.15) is 10.8 Å². The van der Waals surface area contributed by atoms with Crippen molar-refractivity contribution in [2.45, 2.75) is 13.3 Å². The summed E-state index contributed by atoms with van der Waals surface area (Å²) in [4.78, 5) is 26.2. The minimum Gasteiger partial charge on any atom is -0.495 e. The number of hydrogen-bond donors (Lipinski definition) is 1. The first-order valence-corrected chi connectivity index (χ1v) is 7.94. The van der Waals surface area contributed by atoms with Crippen molar-refractivity contribution in [1.82, 2.24) is 10.2 Å². The van der Waals surface area contributed by atoms with Gasteiger partial charge in [0.25, 0.3) is 0 Å². The van der Waals surface area contributed by atoms with E-state index in [1.165, 1.54) is 11.3 Å². The van der Waals surface area contributed by atoms with Gasteiger partial charge in [0.05, 0.1) is 18.7 Å². The molecule has 1 atom stereocenters. The zero-order valence-corrected chi connectivity index (χ0v) is 13.6. The van der Waals surface area contributed by atoms with Crippen molar-refractivity contribution in [2.75, 3.05) is 23.9 Å². The van der Waals surface area contributed by atoms with Crippen molar-refractivity contribution in [1.29, 1.82) is 0 Å². The Morgan fingerprint density at radius 1 is 1.39 bits per heavy atom. The Hall–Kier alpha value is -2.48. The Kier molecular flexibility index (Phi) is 4.24. The first-order chi connectivity index (χ1) is 11.1. The number of nitrogens with zero attached hydrogens (tertiary/aromatic N) is 3. The highest BCUT2D eigenvalue weighted by atomic mass is 32.1. The van der Waals surface area contributed by atoms with Crippen LogP contribution in [0.15, 0.2) is 24.3 Å². The Morgan fingerprint density at radius 2 is 2.17 bits per heavy atom. The molecule has 0 radical (unpaired) electrons. The maximum absolute atomic E-state index is 12.3. The minimum absolute atomic E-state index is 0.0944. The fourth-order valence-electron chi connectivity index (χ4n) is 2.52. The lowest BCUT2D eigenvalue weighted by Crippen LogP contribution is -2.28. The van der Waals surface area contributed by atoms with Crippen molar-refractivity contribution in [3.05, 3.63) is 29.3 Å². The van der Waals surface area contributed by atoms with Gasteiger partial charge in [-0.25, -0.2) is 0 Å². The number of methoxy groups -OCH3 is 1. The molecule has 0 saturated carbocycles. The number of hydrogen-bond acceptors (Lipinski definition) is 6. The second kappa shape index (κ2) is 6.33. The maximum Gasteiger partial charge on any atom is 0.231 e. The molecule has 0 bridgehead atoms. The van der Waals surface area contributed by atoms with Crippen LogP contribution in [0.4, 0.5) is 10.8 Å². The van der Waals surface area contributed by atoms with Crippen LogP contribution in [0.1, 0.15) is 11.4 Å². The van der Waals surface area contributed by atoms with Gasteiger partial charge in [-0.15, -0.1) is 10.2 Å². The van der Waals surface area contributed by atoms with Crippen LogP contribution >= 0.6 is 11.3 Å². The Labute approximate surface area is 137 Å². The molecule has 0 unspecified atom stereocenters. The number of carbonyl (C=O) groups excluding carboxylic acids is 2. The molecule has 1 aromatic carbocycles. The lowest BCUT2D eigenvalue weighted by Gasteiger charge is -2.19. The first-order valence-electron chi connectivity index (χ1n) is 7.13.